The van der Waals surface area contributed by atoms with E-state index < -0.39 is 5.97 Å². The zero-order chi connectivity index (χ0) is 17.3. The first-order chi connectivity index (χ1) is 11.5. The van der Waals surface area contributed by atoms with Gasteiger partial charge in [-0.2, -0.15) is 0 Å². The molecule has 0 bridgehead atoms. The second kappa shape index (κ2) is 6.46. The monoisotopic (exact) mass is 362 g/mol. The molecule has 2 N–H and O–H groups in total. The van der Waals surface area contributed by atoms with Crippen molar-refractivity contribution in [3.63, 3.8) is 0 Å². The van der Waals surface area contributed by atoms with E-state index in [2.05, 4.69) is 10.6 Å². The summed E-state index contributed by atoms with van der Waals surface area (Å²) in [5.74, 6) is 0.125. The van der Waals surface area contributed by atoms with Crippen molar-refractivity contribution < 1.29 is 18.7 Å². The highest BCUT2D eigenvalue weighted by Gasteiger charge is 2.20. The van der Waals surface area contributed by atoms with Gasteiger partial charge in [-0.25, -0.2) is 4.79 Å². The molecular formula is C16H11ClN2O4S. The van der Waals surface area contributed by atoms with Crippen molar-refractivity contribution in [2.45, 2.75) is 0 Å². The molecule has 0 radical (unpaired) electrons. The molecule has 0 atom stereocenters. The average molecular weight is 363 g/mol. The number of esters is 1. The van der Waals surface area contributed by atoms with Crippen LogP contribution in [0.25, 0.3) is 17.4 Å². The van der Waals surface area contributed by atoms with Gasteiger partial charge in [0.25, 0.3) is 5.91 Å². The van der Waals surface area contributed by atoms with Gasteiger partial charge in [-0.15, -0.1) is 0 Å². The smallest absolute Gasteiger partial charge is 0.339 e. The van der Waals surface area contributed by atoms with Crippen LogP contribution in [0.5, 0.6) is 0 Å². The van der Waals surface area contributed by atoms with Crippen LogP contribution in [-0.4, -0.2) is 24.1 Å². The van der Waals surface area contributed by atoms with E-state index >= 15 is 0 Å². The van der Waals surface area contributed by atoms with E-state index in [1.165, 1.54) is 13.2 Å². The Kier molecular flexibility index (Phi) is 4.37. The van der Waals surface area contributed by atoms with E-state index in [-0.39, 0.29) is 16.6 Å². The van der Waals surface area contributed by atoms with Crippen LogP contribution < -0.4 is 10.6 Å². The Labute approximate surface area is 147 Å². The largest absolute Gasteiger partial charge is 0.465 e. The molecule has 0 unspecified atom stereocenters. The van der Waals surface area contributed by atoms with Gasteiger partial charge in [-0.3, -0.25) is 10.1 Å². The van der Waals surface area contributed by atoms with Crippen molar-refractivity contribution in [3.8, 4) is 11.3 Å². The van der Waals surface area contributed by atoms with E-state index in [9.17, 15) is 9.59 Å². The third-order valence-electron chi connectivity index (χ3n) is 3.29. The number of carbonyl (C=O) groups excluding carboxylic acids is 2. The molecule has 0 aliphatic carbocycles. The molecule has 1 aliphatic rings. The molecule has 3 rings (SSSR count). The Bertz CT molecular complexity index is 888. The summed E-state index contributed by atoms with van der Waals surface area (Å²) < 4.78 is 10.4. The summed E-state index contributed by atoms with van der Waals surface area (Å²) in [6, 6.07) is 8.32. The Morgan fingerprint density at radius 3 is 2.75 bits per heavy atom. The van der Waals surface area contributed by atoms with E-state index in [1.807, 2.05) is 0 Å². The number of ether oxygens (including phenoxy) is 1. The van der Waals surface area contributed by atoms with Crippen LogP contribution in [0, 0.1) is 0 Å². The number of benzene rings is 1. The molecule has 122 valence electrons. The van der Waals surface area contributed by atoms with Crippen molar-refractivity contribution in [1.82, 2.24) is 10.6 Å². The van der Waals surface area contributed by atoms with Gasteiger partial charge in [-0.05, 0) is 42.5 Å². The Morgan fingerprint density at radius 1 is 1.29 bits per heavy atom. The Hall–Kier alpha value is -2.64. The minimum Gasteiger partial charge on any atom is -0.465 e. The quantitative estimate of drug-likeness (QED) is 0.496. The van der Waals surface area contributed by atoms with Crippen LogP contribution in [0.1, 0.15) is 16.1 Å². The van der Waals surface area contributed by atoms with Crippen LogP contribution in [0.2, 0.25) is 5.02 Å². The number of carbonyl (C=O) groups is 2. The second-order valence-electron chi connectivity index (χ2n) is 4.85. The predicted octanol–water partition coefficient (Wildman–Crippen LogP) is 2.73. The molecule has 1 aromatic heterocycles. The summed E-state index contributed by atoms with van der Waals surface area (Å²) in [6.45, 7) is 0. The molecule has 24 heavy (non-hydrogen) atoms. The van der Waals surface area contributed by atoms with Crippen LogP contribution >= 0.6 is 23.8 Å². The number of hydrogen-bond donors (Lipinski definition) is 2. The standard InChI is InChI=1S/C16H11ClN2O4S/c1-22-15(21)10-6-8(2-4-11(10)17)13-5-3-9(23-13)7-12-14(20)19-16(24)18-12/h2-7H,1H3,(H2,18,19,20,24). The van der Waals surface area contributed by atoms with Crippen LogP contribution in [0.15, 0.2) is 40.4 Å². The van der Waals surface area contributed by atoms with Gasteiger partial charge >= 0.3 is 5.97 Å². The highest BCUT2D eigenvalue weighted by Crippen LogP contribution is 2.28. The lowest BCUT2D eigenvalue weighted by molar-refractivity contribution is -0.115. The molecule has 6 nitrogen and oxygen atoms in total. The van der Waals surface area contributed by atoms with Gasteiger partial charge in [0.1, 0.15) is 17.2 Å². The van der Waals surface area contributed by atoms with Crippen molar-refractivity contribution in [1.29, 1.82) is 0 Å². The summed E-state index contributed by atoms with van der Waals surface area (Å²) in [7, 11) is 1.28. The van der Waals surface area contributed by atoms with E-state index in [0.29, 0.717) is 27.8 Å². The molecule has 1 saturated heterocycles. The van der Waals surface area contributed by atoms with Crippen LogP contribution in [-0.2, 0) is 9.53 Å². The summed E-state index contributed by atoms with van der Waals surface area (Å²) in [4.78, 5) is 23.3. The number of halogens is 1. The molecule has 1 amide bonds. The average Bonchev–Trinajstić information content (AvgIpc) is 3.14. The Morgan fingerprint density at radius 2 is 2.08 bits per heavy atom. The number of thiocarbonyl (C=S) groups is 1. The molecule has 0 saturated carbocycles. The SMILES string of the molecule is COC(=O)c1cc(-c2ccc(C=C3NC(=S)NC3=O)o2)ccc1Cl. The summed E-state index contributed by atoms with van der Waals surface area (Å²) >= 11 is 10.9. The first-order valence-electron chi connectivity index (χ1n) is 6.80. The predicted molar refractivity (Wildman–Crippen MR) is 92.3 cm³/mol. The van der Waals surface area contributed by atoms with E-state index in [1.54, 1.807) is 30.3 Å². The molecule has 8 heteroatoms. The van der Waals surface area contributed by atoms with Crippen molar-refractivity contribution in [2.75, 3.05) is 7.11 Å². The molecule has 1 fully saturated rings. The summed E-state index contributed by atoms with van der Waals surface area (Å²) in [5.41, 5.74) is 1.20. The lowest BCUT2D eigenvalue weighted by Gasteiger charge is -2.04. The molecule has 0 spiro atoms. The summed E-state index contributed by atoms with van der Waals surface area (Å²) in [6.07, 6.45) is 1.54. The number of furan rings is 1. The van der Waals surface area contributed by atoms with Gasteiger partial charge in [-0.1, -0.05) is 11.6 Å². The summed E-state index contributed by atoms with van der Waals surface area (Å²) in [5, 5.41) is 5.74. The molecule has 1 aliphatic heterocycles. The number of nitrogens with one attached hydrogen (secondary N) is 2. The highest BCUT2D eigenvalue weighted by molar-refractivity contribution is 7.80. The van der Waals surface area contributed by atoms with Gasteiger partial charge in [0, 0.05) is 11.6 Å². The number of hydrogen-bond acceptors (Lipinski definition) is 5. The topological polar surface area (TPSA) is 80.6 Å². The molecule has 2 aromatic rings. The molecule has 2 heterocycles. The number of amides is 1. The van der Waals surface area contributed by atoms with Gasteiger partial charge in [0.2, 0.25) is 0 Å². The highest BCUT2D eigenvalue weighted by atomic mass is 35.5. The van der Waals surface area contributed by atoms with Crippen LogP contribution in [0.4, 0.5) is 0 Å². The van der Waals surface area contributed by atoms with Gasteiger partial charge < -0.3 is 14.5 Å². The first-order valence-corrected chi connectivity index (χ1v) is 7.58. The minimum absolute atomic E-state index is 0.246. The van der Waals surface area contributed by atoms with Crippen LogP contribution in [0.3, 0.4) is 0 Å². The lowest BCUT2D eigenvalue weighted by atomic mass is 10.1. The number of methoxy groups -OCH3 is 1. The van der Waals surface area contributed by atoms with E-state index in [4.69, 9.17) is 33.0 Å². The molecule has 1 aromatic carbocycles. The fourth-order valence-corrected chi connectivity index (χ4v) is 2.55. The Balaban J connectivity index is 1.91. The maximum Gasteiger partial charge on any atom is 0.339 e. The van der Waals surface area contributed by atoms with Crippen molar-refractivity contribution in [3.05, 3.63) is 52.4 Å². The minimum atomic E-state index is -0.531. The van der Waals surface area contributed by atoms with Gasteiger partial charge in [0.15, 0.2) is 5.11 Å². The third kappa shape index (κ3) is 3.17. The fraction of sp³-hybridized carbons (Fsp3) is 0.0625. The van der Waals surface area contributed by atoms with E-state index in [0.717, 1.165) is 0 Å². The second-order valence-corrected chi connectivity index (χ2v) is 5.67. The molecular weight excluding hydrogens is 352 g/mol. The van der Waals surface area contributed by atoms with Crippen molar-refractivity contribution in [2.24, 2.45) is 0 Å². The number of rotatable bonds is 3. The normalized spacial score (nSPS) is 15.3. The third-order valence-corrected chi connectivity index (χ3v) is 3.82. The maximum atomic E-state index is 11.7. The lowest BCUT2D eigenvalue weighted by Crippen LogP contribution is -2.21. The maximum absolute atomic E-state index is 11.7. The fourth-order valence-electron chi connectivity index (χ4n) is 2.16. The van der Waals surface area contributed by atoms with Gasteiger partial charge in [0.05, 0.1) is 17.7 Å². The zero-order valence-electron chi connectivity index (χ0n) is 12.4. The van der Waals surface area contributed by atoms with Crippen molar-refractivity contribution >= 4 is 46.9 Å². The zero-order valence-corrected chi connectivity index (χ0v) is 14.0. The first kappa shape index (κ1) is 16.2.